The number of quaternary nitrogens is 1. The van der Waals surface area contributed by atoms with E-state index in [4.69, 9.17) is 4.74 Å². The van der Waals surface area contributed by atoms with Crippen molar-refractivity contribution in [1.29, 1.82) is 0 Å². The highest BCUT2D eigenvalue weighted by atomic mass is 16.5. The van der Waals surface area contributed by atoms with Gasteiger partial charge < -0.3 is 25.5 Å². The van der Waals surface area contributed by atoms with Gasteiger partial charge in [0.05, 0.1) is 7.11 Å². The Morgan fingerprint density at radius 1 is 1.60 bits per heavy atom. The quantitative estimate of drug-likeness (QED) is 0.643. The molecule has 1 atom stereocenters. The number of aromatic hydroxyl groups is 1. The van der Waals surface area contributed by atoms with E-state index in [1.54, 1.807) is 0 Å². The van der Waals surface area contributed by atoms with Gasteiger partial charge in [-0.2, -0.15) is 0 Å². The molecular formula is C10H13NO4. The molecule has 0 saturated heterocycles. The van der Waals surface area contributed by atoms with Crippen LogP contribution in [0.2, 0.25) is 0 Å². The molecule has 0 heterocycles. The lowest BCUT2D eigenvalue weighted by Gasteiger charge is -2.22. The van der Waals surface area contributed by atoms with Crippen molar-refractivity contribution in [2.45, 2.75) is 12.5 Å². The average molecular weight is 211 g/mol. The third-order valence-electron chi connectivity index (χ3n) is 2.27. The molecule has 0 spiro atoms. The number of methoxy groups -OCH3 is 1. The molecule has 4 N–H and O–H groups in total. The lowest BCUT2D eigenvalue weighted by molar-refractivity contribution is -0.489. The number of rotatable bonds is 3. The Morgan fingerprint density at radius 3 is 2.67 bits per heavy atom. The molecule has 0 aliphatic carbocycles. The molecule has 1 aromatic rings. The summed E-state index contributed by atoms with van der Waals surface area (Å²) in [5, 5.41) is 20.2. The Bertz CT molecular complexity index is 387. The molecule has 5 nitrogen and oxygen atoms in total. The predicted octanol–water partition coefficient (Wildman–Crippen LogP) is -1.39. The van der Waals surface area contributed by atoms with Gasteiger partial charge in [-0.05, 0) is 18.2 Å². The number of carboxylic acid groups (broad SMARTS) is 1. The number of benzene rings is 1. The second kappa shape index (κ2) is 3.78. The highest BCUT2D eigenvalue weighted by Crippen LogP contribution is 2.29. The Morgan fingerprint density at radius 2 is 2.20 bits per heavy atom. The maximum atomic E-state index is 10.8. The van der Waals surface area contributed by atoms with Gasteiger partial charge in [0.15, 0.2) is 17.0 Å². The number of carbonyl (C=O) groups excluding carboxylic acids is 1. The summed E-state index contributed by atoms with van der Waals surface area (Å²) in [7, 11) is 1.39. The van der Waals surface area contributed by atoms with Crippen LogP contribution in [0.3, 0.4) is 0 Å². The third-order valence-corrected chi connectivity index (χ3v) is 2.27. The normalized spacial score (nSPS) is 14.3. The second-order valence-electron chi connectivity index (χ2n) is 3.51. The van der Waals surface area contributed by atoms with Gasteiger partial charge in [-0.15, -0.1) is 0 Å². The van der Waals surface area contributed by atoms with Gasteiger partial charge in [0.25, 0.3) is 0 Å². The minimum atomic E-state index is -1.36. The molecule has 0 bridgehead atoms. The first-order chi connectivity index (χ1) is 6.89. The van der Waals surface area contributed by atoms with Gasteiger partial charge in [0.2, 0.25) is 0 Å². The summed E-state index contributed by atoms with van der Waals surface area (Å²) < 4.78 is 4.87. The zero-order valence-corrected chi connectivity index (χ0v) is 8.61. The van der Waals surface area contributed by atoms with Gasteiger partial charge in [0.1, 0.15) is 5.97 Å². The van der Waals surface area contributed by atoms with Crippen molar-refractivity contribution in [3.8, 4) is 11.5 Å². The molecule has 0 aliphatic heterocycles. The summed E-state index contributed by atoms with van der Waals surface area (Å²) in [5.74, 6) is -1.12. The molecule has 0 aromatic heterocycles. The van der Waals surface area contributed by atoms with E-state index >= 15 is 0 Å². The molecule has 5 heteroatoms. The van der Waals surface area contributed by atoms with E-state index < -0.39 is 11.5 Å². The van der Waals surface area contributed by atoms with Crippen LogP contribution in [-0.4, -0.2) is 18.2 Å². The van der Waals surface area contributed by atoms with Crippen LogP contribution in [0.5, 0.6) is 11.5 Å². The van der Waals surface area contributed by atoms with Crippen molar-refractivity contribution in [3.05, 3.63) is 23.8 Å². The van der Waals surface area contributed by atoms with Crippen LogP contribution >= 0.6 is 0 Å². The zero-order valence-electron chi connectivity index (χ0n) is 8.61. The number of carbonyl (C=O) groups is 1. The van der Waals surface area contributed by atoms with E-state index in [2.05, 4.69) is 5.73 Å². The number of hydrogen-bond acceptors (Lipinski definition) is 4. The van der Waals surface area contributed by atoms with Gasteiger partial charge >= 0.3 is 0 Å². The minimum absolute atomic E-state index is 0.0459. The molecule has 0 radical (unpaired) electrons. The van der Waals surface area contributed by atoms with Crippen LogP contribution in [-0.2, 0) is 10.3 Å². The summed E-state index contributed by atoms with van der Waals surface area (Å²) in [6.45, 7) is 1.42. The Kier molecular flexibility index (Phi) is 2.85. The van der Waals surface area contributed by atoms with Crippen molar-refractivity contribution < 1.29 is 25.5 Å². The van der Waals surface area contributed by atoms with Crippen LogP contribution < -0.4 is 15.6 Å². The first-order valence-corrected chi connectivity index (χ1v) is 4.34. The van der Waals surface area contributed by atoms with Gasteiger partial charge in [0, 0.05) is 12.5 Å². The van der Waals surface area contributed by atoms with Crippen molar-refractivity contribution in [2.24, 2.45) is 0 Å². The molecular weight excluding hydrogens is 198 g/mol. The summed E-state index contributed by atoms with van der Waals surface area (Å²) >= 11 is 0. The topological polar surface area (TPSA) is 97.2 Å². The standard InChI is InChI=1S/C10H13NO4/c1-10(11,9(13)14)6-3-4-7(12)8(5-6)15-2/h3-5,12H,11H2,1-2H3,(H,13,14)/t10-/m0/s1. The highest BCUT2D eigenvalue weighted by molar-refractivity contribution is 5.76. The van der Waals surface area contributed by atoms with Crippen LogP contribution in [0, 0.1) is 0 Å². The third kappa shape index (κ3) is 2.02. The van der Waals surface area contributed by atoms with Crippen LogP contribution in [0.25, 0.3) is 0 Å². The van der Waals surface area contributed by atoms with Gasteiger partial charge in [-0.25, -0.2) is 0 Å². The van der Waals surface area contributed by atoms with Crippen molar-refractivity contribution >= 4 is 5.97 Å². The van der Waals surface area contributed by atoms with Crippen LogP contribution in [0.15, 0.2) is 18.2 Å². The molecule has 1 aromatic carbocycles. The van der Waals surface area contributed by atoms with E-state index in [1.807, 2.05) is 0 Å². The average Bonchev–Trinajstić information content (AvgIpc) is 2.18. The largest absolute Gasteiger partial charge is 0.543 e. The lowest BCUT2D eigenvalue weighted by Crippen LogP contribution is -2.75. The fourth-order valence-corrected chi connectivity index (χ4v) is 1.14. The van der Waals surface area contributed by atoms with Gasteiger partial charge in [-0.3, -0.25) is 0 Å². The number of phenols is 1. The summed E-state index contributed by atoms with van der Waals surface area (Å²) in [5.41, 5.74) is 2.60. The Balaban J connectivity index is 3.22. The van der Waals surface area contributed by atoms with E-state index in [-0.39, 0.29) is 11.5 Å². The van der Waals surface area contributed by atoms with Crippen molar-refractivity contribution in [3.63, 3.8) is 0 Å². The predicted molar refractivity (Wildman–Crippen MR) is 49.9 cm³/mol. The lowest BCUT2D eigenvalue weighted by atomic mass is 9.93. The van der Waals surface area contributed by atoms with Gasteiger partial charge in [-0.1, -0.05) is 0 Å². The molecule has 1 rings (SSSR count). The number of phenolic OH excluding ortho intramolecular Hbond substituents is 1. The molecule has 0 amide bonds. The highest BCUT2D eigenvalue weighted by Gasteiger charge is 2.28. The number of ether oxygens (including phenoxy) is 1. The fourth-order valence-electron chi connectivity index (χ4n) is 1.14. The van der Waals surface area contributed by atoms with E-state index in [0.717, 1.165) is 0 Å². The molecule has 0 unspecified atom stereocenters. The number of aliphatic carboxylic acids is 1. The van der Waals surface area contributed by atoms with E-state index in [9.17, 15) is 15.0 Å². The molecule has 0 saturated carbocycles. The fraction of sp³-hybridized carbons (Fsp3) is 0.300. The zero-order chi connectivity index (χ0) is 11.6. The first-order valence-electron chi connectivity index (χ1n) is 4.34. The minimum Gasteiger partial charge on any atom is -0.543 e. The molecule has 0 fully saturated rings. The van der Waals surface area contributed by atoms with Crippen molar-refractivity contribution in [2.75, 3.05) is 7.11 Å². The molecule has 0 aliphatic rings. The molecule has 15 heavy (non-hydrogen) atoms. The second-order valence-corrected chi connectivity index (χ2v) is 3.51. The number of carboxylic acids is 1. The number of hydrogen-bond donors (Lipinski definition) is 2. The van der Waals surface area contributed by atoms with Crippen molar-refractivity contribution in [1.82, 2.24) is 0 Å². The maximum absolute atomic E-state index is 10.8. The molecule has 82 valence electrons. The Hall–Kier alpha value is -1.75. The first kappa shape index (κ1) is 11.3. The van der Waals surface area contributed by atoms with E-state index in [1.165, 1.54) is 32.2 Å². The monoisotopic (exact) mass is 211 g/mol. The summed E-state index contributed by atoms with van der Waals surface area (Å²) in [6.07, 6.45) is 0. The summed E-state index contributed by atoms with van der Waals surface area (Å²) in [6, 6.07) is 4.26. The smallest absolute Gasteiger partial charge is 0.161 e. The SMILES string of the molecule is COc1cc([C@](C)([NH3+])C(=O)[O-])ccc1O. The van der Waals surface area contributed by atoms with E-state index in [0.29, 0.717) is 5.56 Å². The van der Waals surface area contributed by atoms with Crippen LogP contribution in [0.4, 0.5) is 0 Å². The summed E-state index contributed by atoms with van der Waals surface area (Å²) in [4.78, 5) is 10.8. The Labute approximate surface area is 87.1 Å². The van der Waals surface area contributed by atoms with Crippen LogP contribution in [0.1, 0.15) is 12.5 Å². The maximum Gasteiger partial charge on any atom is 0.161 e.